The van der Waals surface area contributed by atoms with Gasteiger partial charge in [0.25, 0.3) is 0 Å². The molecule has 1 rings (SSSR count). The fraction of sp³-hybridized carbons (Fsp3) is 0.636. The van der Waals surface area contributed by atoms with Crippen LogP contribution in [0.3, 0.4) is 0 Å². The normalized spacial score (nSPS) is 13.0. The molecular weight excluding hydrogens is 208 g/mol. The summed E-state index contributed by atoms with van der Waals surface area (Å²) in [6.07, 6.45) is 2.09. The smallest absolute Gasteiger partial charge is 0.0789 e. The van der Waals surface area contributed by atoms with E-state index in [1.807, 2.05) is 0 Å². The number of aryl methyl sites for hydroxylation is 1. The fourth-order valence-corrected chi connectivity index (χ4v) is 2.53. The summed E-state index contributed by atoms with van der Waals surface area (Å²) in [6, 6.07) is 2.29. The van der Waals surface area contributed by atoms with Crippen molar-refractivity contribution in [2.45, 2.75) is 32.7 Å². The van der Waals surface area contributed by atoms with Crippen LogP contribution in [0.2, 0.25) is 0 Å². The molecule has 0 aliphatic heterocycles. The first kappa shape index (κ1) is 12.6. The van der Waals surface area contributed by atoms with Crippen molar-refractivity contribution < 1.29 is 4.74 Å². The van der Waals surface area contributed by atoms with Crippen LogP contribution in [0.4, 0.5) is 0 Å². The topological polar surface area (TPSA) is 47.3 Å². The van der Waals surface area contributed by atoms with Crippen LogP contribution in [0.1, 0.15) is 36.8 Å². The Morgan fingerprint density at radius 1 is 1.53 bits per heavy atom. The zero-order valence-electron chi connectivity index (χ0n) is 9.45. The molecule has 0 bridgehead atoms. The van der Waals surface area contributed by atoms with Gasteiger partial charge in [0.15, 0.2) is 0 Å². The largest absolute Gasteiger partial charge is 0.379 e. The number of nitrogens with one attached hydrogen (secondary N) is 1. The van der Waals surface area contributed by atoms with Crippen molar-refractivity contribution >= 4 is 11.3 Å². The lowest BCUT2D eigenvalue weighted by Crippen LogP contribution is -2.31. The average Bonchev–Trinajstić information content (AvgIpc) is 2.72. The minimum Gasteiger partial charge on any atom is -0.379 e. The molecule has 0 aliphatic rings. The summed E-state index contributed by atoms with van der Waals surface area (Å²) in [5.74, 6) is 5.55. The lowest BCUT2D eigenvalue weighted by Gasteiger charge is -2.16. The molecule has 0 aromatic carbocycles. The minimum atomic E-state index is 0.131. The molecule has 3 nitrogen and oxygen atoms in total. The van der Waals surface area contributed by atoms with Crippen LogP contribution in [-0.4, -0.2) is 13.2 Å². The Hall–Kier alpha value is -0.420. The van der Waals surface area contributed by atoms with Gasteiger partial charge in [0, 0.05) is 11.5 Å². The van der Waals surface area contributed by atoms with E-state index in [0.29, 0.717) is 6.61 Å². The molecule has 0 radical (unpaired) electrons. The van der Waals surface area contributed by atoms with Crippen LogP contribution in [0.5, 0.6) is 0 Å². The first-order valence-electron chi connectivity index (χ1n) is 5.43. The van der Waals surface area contributed by atoms with E-state index >= 15 is 0 Å². The maximum Gasteiger partial charge on any atom is 0.0789 e. The Balaban J connectivity index is 2.57. The summed E-state index contributed by atoms with van der Waals surface area (Å²) in [6.45, 7) is 5.71. The van der Waals surface area contributed by atoms with E-state index in [1.165, 1.54) is 10.4 Å². The Morgan fingerprint density at radius 2 is 2.33 bits per heavy atom. The maximum absolute atomic E-state index is 5.55. The number of thiophene rings is 1. The van der Waals surface area contributed by atoms with Crippen molar-refractivity contribution in [2.24, 2.45) is 5.84 Å². The van der Waals surface area contributed by atoms with E-state index in [9.17, 15) is 0 Å². The number of hydrogen-bond donors (Lipinski definition) is 2. The molecule has 0 saturated heterocycles. The Labute approximate surface area is 95.6 Å². The van der Waals surface area contributed by atoms with Gasteiger partial charge in [-0.1, -0.05) is 13.8 Å². The molecule has 0 saturated carbocycles. The highest BCUT2D eigenvalue weighted by Gasteiger charge is 2.14. The molecule has 0 spiro atoms. The molecule has 3 N–H and O–H groups in total. The van der Waals surface area contributed by atoms with E-state index < -0.39 is 0 Å². The van der Waals surface area contributed by atoms with Crippen LogP contribution in [0.15, 0.2) is 11.4 Å². The fourth-order valence-electron chi connectivity index (χ4n) is 1.49. The van der Waals surface area contributed by atoms with Gasteiger partial charge in [0.05, 0.1) is 12.6 Å². The zero-order chi connectivity index (χ0) is 11.1. The van der Waals surface area contributed by atoms with E-state index in [4.69, 9.17) is 10.6 Å². The van der Waals surface area contributed by atoms with Gasteiger partial charge in [-0.05, 0) is 29.9 Å². The Kier molecular flexibility index (Phi) is 5.86. The summed E-state index contributed by atoms with van der Waals surface area (Å²) in [5.41, 5.74) is 4.19. The first-order valence-corrected chi connectivity index (χ1v) is 6.31. The third-order valence-electron chi connectivity index (χ3n) is 2.31. The average molecular weight is 228 g/mol. The number of hydrazine groups is 1. The highest BCUT2D eigenvalue weighted by atomic mass is 32.1. The third-order valence-corrected chi connectivity index (χ3v) is 3.39. The molecule has 1 heterocycles. The number of hydrogen-bond acceptors (Lipinski definition) is 4. The predicted molar refractivity (Wildman–Crippen MR) is 64.9 cm³/mol. The van der Waals surface area contributed by atoms with Crippen molar-refractivity contribution in [3.63, 3.8) is 0 Å². The number of nitrogens with two attached hydrogens (primary N) is 1. The van der Waals surface area contributed by atoms with Gasteiger partial charge in [-0.2, -0.15) is 0 Å². The summed E-state index contributed by atoms with van der Waals surface area (Å²) in [7, 11) is 0. The quantitative estimate of drug-likeness (QED) is 0.427. The highest BCUT2D eigenvalue weighted by Crippen LogP contribution is 2.24. The van der Waals surface area contributed by atoms with Crippen LogP contribution in [-0.2, 0) is 11.2 Å². The van der Waals surface area contributed by atoms with E-state index in [2.05, 4.69) is 30.7 Å². The lowest BCUT2D eigenvalue weighted by atomic mass is 10.1. The molecular formula is C11H20N2OS. The van der Waals surface area contributed by atoms with Crippen molar-refractivity contribution in [1.29, 1.82) is 0 Å². The van der Waals surface area contributed by atoms with Gasteiger partial charge in [-0.15, -0.1) is 11.3 Å². The second kappa shape index (κ2) is 6.95. The highest BCUT2D eigenvalue weighted by molar-refractivity contribution is 7.10. The molecule has 86 valence electrons. The van der Waals surface area contributed by atoms with Crippen molar-refractivity contribution in [3.8, 4) is 0 Å². The Morgan fingerprint density at radius 3 is 2.93 bits per heavy atom. The summed E-state index contributed by atoms with van der Waals surface area (Å²) < 4.78 is 5.52. The van der Waals surface area contributed by atoms with Crippen LogP contribution < -0.4 is 11.3 Å². The molecule has 1 aromatic rings. The minimum absolute atomic E-state index is 0.131. The van der Waals surface area contributed by atoms with Crippen LogP contribution >= 0.6 is 11.3 Å². The second-order valence-electron chi connectivity index (χ2n) is 3.46. The maximum atomic E-state index is 5.55. The van der Waals surface area contributed by atoms with Crippen molar-refractivity contribution in [3.05, 3.63) is 21.9 Å². The van der Waals surface area contributed by atoms with Crippen molar-refractivity contribution in [2.75, 3.05) is 13.2 Å². The lowest BCUT2D eigenvalue weighted by molar-refractivity contribution is 0.112. The zero-order valence-corrected chi connectivity index (χ0v) is 10.3. The third kappa shape index (κ3) is 3.57. The standard InChI is InChI=1S/C11H20N2OS/c1-3-6-14-8-10(13-12)11-9(4-2)5-7-15-11/h5,7,10,13H,3-4,6,8,12H2,1-2H3. The molecule has 0 aliphatic carbocycles. The molecule has 1 unspecified atom stereocenters. The van der Waals surface area contributed by atoms with Gasteiger partial charge in [-0.3, -0.25) is 5.84 Å². The number of rotatable bonds is 7. The summed E-state index contributed by atoms with van der Waals surface area (Å²) in [5, 5.41) is 2.11. The SMILES string of the molecule is CCCOCC(NN)c1sccc1CC. The first-order chi connectivity index (χ1) is 7.33. The molecule has 1 atom stereocenters. The van der Waals surface area contributed by atoms with Crippen LogP contribution in [0.25, 0.3) is 0 Å². The Bertz CT molecular complexity index is 275. The number of ether oxygens (including phenoxy) is 1. The predicted octanol–water partition coefficient (Wildman–Crippen LogP) is 2.24. The van der Waals surface area contributed by atoms with Gasteiger partial charge >= 0.3 is 0 Å². The second-order valence-corrected chi connectivity index (χ2v) is 4.41. The van der Waals surface area contributed by atoms with Gasteiger partial charge in [-0.25, -0.2) is 5.43 Å². The molecule has 15 heavy (non-hydrogen) atoms. The van der Waals surface area contributed by atoms with E-state index in [1.54, 1.807) is 11.3 Å². The van der Waals surface area contributed by atoms with Crippen LogP contribution in [0, 0.1) is 0 Å². The molecule has 1 aromatic heterocycles. The van der Waals surface area contributed by atoms with Gasteiger partial charge in [0.2, 0.25) is 0 Å². The molecule has 0 amide bonds. The van der Waals surface area contributed by atoms with Gasteiger partial charge in [0.1, 0.15) is 0 Å². The van der Waals surface area contributed by atoms with E-state index in [-0.39, 0.29) is 6.04 Å². The summed E-state index contributed by atoms with van der Waals surface area (Å²) >= 11 is 1.74. The monoisotopic (exact) mass is 228 g/mol. The van der Waals surface area contributed by atoms with Crippen molar-refractivity contribution in [1.82, 2.24) is 5.43 Å². The summed E-state index contributed by atoms with van der Waals surface area (Å²) in [4.78, 5) is 1.30. The molecule has 0 fully saturated rings. The van der Waals surface area contributed by atoms with Gasteiger partial charge < -0.3 is 4.74 Å². The molecule has 4 heteroatoms. The van der Waals surface area contributed by atoms with E-state index in [0.717, 1.165) is 19.4 Å².